The van der Waals surface area contributed by atoms with E-state index in [2.05, 4.69) is 17.2 Å². The van der Waals surface area contributed by atoms with E-state index in [4.69, 9.17) is 9.47 Å². The molecule has 0 aliphatic heterocycles. The third kappa shape index (κ3) is 5.65. The van der Waals surface area contributed by atoms with E-state index >= 15 is 0 Å². The highest BCUT2D eigenvalue weighted by Gasteiger charge is 2.03. The zero-order valence-corrected chi connectivity index (χ0v) is 10.7. The van der Waals surface area contributed by atoms with Crippen molar-refractivity contribution in [2.45, 2.75) is 26.8 Å². The zero-order chi connectivity index (χ0) is 12.3. The van der Waals surface area contributed by atoms with Gasteiger partial charge in [-0.3, -0.25) is 0 Å². The van der Waals surface area contributed by atoms with Crippen LogP contribution in [0.4, 0.5) is 0 Å². The molecular weight excluding hydrogens is 216 g/mol. The van der Waals surface area contributed by atoms with Gasteiger partial charge in [0.1, 0.15) is 6.61 Å². The van der Waals surface area contributed by atoms with Crippen molar-refractivity contribution < 1.29 is 9.47 Å². The predicted octanol–water partition coefficient (Wildman–Crippen LogP) is 2.00. The molecule has 0 fully saturated rings. The maximum Gasteiger partial charge on any atom is 0.217 e. The lowest BCUT2D eigenvalue weighted by molar-refractivity contribution is 0.108. The summed E-state index contributed by atoms with van der Waals surface area (Å²) in [5.74, 6) is 0.704. The molecule has 0 bridgehead atoms. The number of nitrogens with zero attached hydrogens (tertiary/aromatic N) is 1. The molecule has 0 aliphatic carbocycles. The fourth-order valence-electron chi connectivity index (χ4n) is 1.43. The van der Waals surface area contributed by atoms with Gasteiger partial charge in [0.15, 0.2) is 0 Å². The van der Waals surface area contributed by atoms with Crippen LogP contribution in [0.1, 0.15) is 25.8 Å². The smallest absolute Gasteiger partial charge is 0.217 e. The highest BCUT2D eigenvalue weighted by Crippen LogP contribution is 2.13. The third-order valence-electron chi connectivity index (χ3n) is 2.26. The van der Waals surface area contributed by atoms with Gasteiger partial charge in [0.05, 0.1) is 6.61 Å². The van der Waals surface area contributed by atoms with Gasteiger partial charge >= 0.3 is 0 Å². The van der Waals surface area contributed by atoms with E-state index in [0.717, 1.165) is 31.7 Å². The molecule has 1 aromatic heterocycles. The number of aromatic nitrogens is 1. The lowest BCUT2D eigenvalue weighted by Crippen LogP contribution is -2.16. The molecule has 0 aliphatic rings. The van der Waals surface area contributed by atoms with Crippen molar-refractivity contribution in [1.82, 2.24) is 10.3 Å². The minimum absolute atomic E-state index is 0.547. The van der Waals surface area contributed by atoms with Gasteiger partial charge in [-0.05, 0) is 26.0 Å². The van der Waals surface area contributed by atoms with Crippen LogP contribution in [0.15, 0.2) is 18.3 Å². The topological polar surface area (TPSA) is 43.4 Å². The normalized spacial score (nSPS) is 10.5. The number of hydrogen-bond acceptors (Lipinski definition) is 4. The Balaban J connectivity index is 2.40. The highest BCUT2D eigenvalue weighted by atomic mass is 16.5. The fourth-order valence-corrected chi connectivity index (χ4v) is 1.43. The van der Waals surface area contributed by atoms with Gasteiger partial charge < -0.3 is 14.8 Å². The lowest BCUT2D eigenvalue weighted by atomic mass is 10.2. The maximum absolute atomic E-state index is 5.59. The summed E-state index contributed by atoms with van der Waals surface area (Å²) >= 11 is 0. The van der Waals surface area contributed by atoms with Crippen molar-refractivity contribution in [1.29, 1.82) is 0 Å². The second-order valence-electron chi connectivity index (χ2n) is 3.69. The van der Waals surface area contributed by atoms with Crippen LogP contribution < -0.4 is 10.1 Å². The molecule has 1 N–H and O–H groups in total. The van der Waals surface area contributed by atoms with Crippen LogP contribution in [-0.4, -0.2) is 31.3 Å². The molecule has 17 heavy (non-hydrogen) atoms. The Labute approximate surface area is 103 Å². The Bertz CT molecular complexity index is 305. The summed E-state index contributed by atoms with van der Waals surface area (Å²) in [5, 5.41) is 3.34. The van der Waals surface area contributed by atoms with Gasteiger partial charge in [-0.1, -0.05) is 13.0 Å². The molecule has 0 radical (unpaired) electrons. The molecule has 4 heteroatoms. The first-order valence-corrected chi connectivity index (χ1v) is 6.23. The SMILES string of the molecule is CCCNCc1cccnc1OCCOCC. The van der Waals surface area contributed by atoms with Crippen LogP contribution in [0.2, 0.25) is 0 Å². The molecule has 0 aromatic carbocycles. The molecule has 0 amide bonds. The molecule has 0 spiro atoms. The first-order valence-electron chi connectivity index (χ1n) is 6.23. The number of rotatable bonds is 9. The third-order valence-corrected chi connectivity index (χ3v) is 2.26. The van der Waals surface area contributed by atoms with Crippen molar-refractivity contribution >= 4 is 0 Å². The van der Waals surface area contributed by atoms with Crippen LogP contribution in [0, 0.1) is 0 Å². The molecule has 0 unspecified atom stereocenters. The van der Waals surface area contributed by atoms with Crippen LogP contribution in [0.5, 0.6) is 5.88 Å². The number of hydrogen-bond donors (Lipinski definition) is 1. The minimum atomic E-state index is 0.547. The van der Waals surface area contributed by atoms with E-state index in [1.165, 1.54) is 0 Å². The van der Waals surface area contributed by atoms with Gasteiger partial charge in [0, 0.05) is 24.9 Å². The molecule has 1 aromatic rings. The number of pyridine rings is 1. The average molecular weight is 238 g/mol. The molecule has 1 rings (SSSR count). The van der Waals surface area contributed by atoms with Gasteiger partial charge in [0.2, 0.25) is 5.88 Å². The average Bonchev–Trinajstić information content (AvgIpc) is 2.36. The van der Waals surface area contributed by atoms with Gasteiger partial charge in [-0.25, -0.2) is 4.98 Å². The molecule has 1 heterocycles. The van der Waals surface area contributed by atoms with Crippen molar-refractivity contribution in [2.75, 3.05) is 26.4 Å². The molecule has 0 atom stereocenters. The minimum Gasteiger partial charge on any atom is -0.475 e. The monoisotopic (exact) mass is 238 g/mol. The summed E-state index contributed by atoms with van der Waals surface area (Å²) in [6.07, 6.45) is 2.88. The van der Waals surface area contributed by atoms with Crippen LogP contribution >= 0.6 is 0 Å². The standard InChI is InChI=1S/C13H22N2O2/c1-3-7-14-11-12-6-5-8-15-13(12)17-10-9-16-4-2/h5-6,8,14H,3-4,7,9-11H2,1-2H3. The Hall–Kier alpha value is -1.13. The molecule has 0 saturated heterocycles. The Morgan fingerprint density at radius 2 is 2.18 bits per heavy atom. The van der Waals surface area contributed by atoms with Crippen LogP contribution in [-0.2, 0) is 11.3 Å². The molecular formula is C13H22N2O2. The van der Waals surface area contributed by atoms with E-state index in [1.807, 2.05) is 19.1 Å². The van der Waals surface area contributed by atoms with E-state index in [0.29, 0.717) is 19.1 Å². The Kier molecular flexibility index (Phi) is 7.34. The fraction of sp³-hybridized carbons (Fsp3) is 0.615. The number of nitrogens with one attached hydrogen (secondary N) is 1. The maximum atomic E-state index is 5.59. The summed E-state index contributed by atoms with van der Waals surface area (Å²) in [4.78, 5) is 4.24. The Morgan fingerprint density at radius 1 is 1.29 bits per heavy atom. The molecule has 4 nitrogen and oxygen atoms in total. The summed E-state index contributed by atoms with van der Waals surface area (Å²) in [6, 6.07) is 3.96. The van der Waals surface area contributed by atoms with Gasteiger partial charge in [0.25, 0.3) is 0 Å². The Morgan fingerprint density at radius 3 is 2.94 bits per heavy atom. The van der Waals surface area contributed by atoms with Gasteiger partial charge in [-0.2, -0.15) is 0 Å². The van der Waals surface area contributed by atoms with Gasteiger partial charge in [-0.15, -0.1) is 0 Å². The van der Waals surface area contributed by atoms with E-state index in [-0.39, 0.29) is 0 Å². The molecule has 96 valence electrons. The first-order chi connectivity index (χ1) is 8.38. The largest absolute Gasteiger partial charge is 0.475 e. The van der Waals surface area contributed by atoms with Crippen molar-refractivity contribution in [3.8, 4) is 5.88 Å². The van der Waals surface area contributed by atoms with Crippen LogP contribution in [0.3, 0.4) is 0 Å². The van der Waals surface area contributed by atoms with E-state index < -0.39 is 0 Å². The van der Waals surface area contributed by atoms with Crippen molar-refractivity contribution in [2.24, 2.45) is 0 Å². The van der Waals surface area contributed by atoms with Crippen molar-refractivity contribution in [3.05, 3.63) is 23.9 Å². The van der Waals surface area contributed by atoms with Crippen LogP contribution in [0.25, 0.3) is 0 Å². The highest BCUT2D eigenvalue weighted by molar-refractivity contribution is 5.25. The number of ether oxygens (including phenoxy) is 2. The summed E-state index contributed by atoms with van der Waals surface area (Å²) < 4.78 is 10.8. The summed E-state index contributed by atoms with van der Waals surface area (Å²) in [6.45, 7) is 7.80. The van der Waals surface area contributed by atoms with Crippen molar-refractivity contribution in [3.63, 3.8) is 0 Å². The summed E-state index contributed by atoms with van der Waals surface area (Å²) in [5.41, 5.74) is 1.09. The zero-order valence-electron chi connectivity index (χ0n) is 10.7. The first kappa shape index (κ1) is 13.9. The second kappa shape index (κ2) is 8.96. The second-order valence-corrected chi connectivity index (χ2v) is 3.69. The predicted molar refractivity (Wildman–Crippen MR) is 68.2 cm³/mol. The quantitative estimate of drug-likeness (QED) is 0.668. The summed E-state index contributed by atoms with van der Waals surface area (Å²) in [7, 11) is 0. The lowest BCUT2D eigenvalue weighted by Gasteiger charge is -2.10. The van der Waals surface area contributed by atoms with E-state index in [1.54, 1.807) is 6.20 Å². The molecule has 0 saturated carbocycles. The van der Waals surface area contributed by atoms with E-state index in [9.17, 15) is 0 Å².